The first kappa shape index (κ1) is 31.6. The van der Waals surface area contributed by atoms with Gasteiger partial charge < -0.3 is 30.7 Å². The Morgan fingerprint density at radius 3 is 2.40 bits per heavy atom. The van der Waals surface area contributed by atoms with E-state index in [0.29, 0.717) is 12.3 Å². The number of hydrogen-bond donors (Lipinski definition) is 4. The maximum absolute atomic E-state index is 13.5. The van der Waals surface area contributed by atoms with Gasteiger partial charge in [-0.15, -0.1) is 0 Å². The Bertz CT molecular complexity index is 1000. The van der Waals surface area contributed by atoms with Gasteiger partial charge in [0.05, 0.1) is 19.8 Å². The van der Waals surface area contributed by atoms with Gasteiger partial charge in [-0.1, -0.05) is 67.8 Å². The van der Waals surface area contributed by atoms with Crippen molar-refractivity contribution < 1.29 is 33.4 Å². The number of carbonyl (C=O) groups is 5. The zero-order chi connectivity index (χ0) is 28.7. The quantitative estimate of drug-likeness (QED) is 0.400. The van der Waals surface area contributed by atoms with Gasteiger partial charge in [0.15, 0.2) is 0 Å². The zero-order valence-electron chi connectivity index (χ0n) is 22.9. The molecule has 0 unspecified atom stereocenters. The van der Waals surface area contributed by atoms with Gasteiger partial charge in [-0.2, -0.15) is 0 Å². The fourth-order valence-electron chi connectivity index (χ4n) is 4.81. The van der Waals surface area contributed by atoms with E-state index in [2.05, 4.69) is 21.3 Å². The van der Waals surface area contributed by atoms with Gasteiger partial charge in [-0.25, -0.2) is 0 Å². The summed E-state index contributed by atoms with van der Waals surface area (Å²) in [5.41, 5.74) is 0.848. The predicted octanol–water partition coefficient (Wildman–Crippen LogP) is 0.707. The normalized spacial score (nSPS) is 25.1. The van der Waals surface area contributed by atoms with E-state index in [1.807, 2.05) is 30.3 Å². The van der Waals surface area contributed by atoms with Gasteiger partial charge in [-0.3, -0.25) is 24.0 Å². The third kappa shape index (κ3) is 11.3. The first-order valence-electron chi connectivity index (χ1n) is 13.8. The molecule has 4 N–H and O–H groups in total. The summed E-state index contributed by atoms with van der Waals surface area (Å²) >= 11 is 0.873. The Kier molecular flexibility index (Phi) is 13.4. The molecule has 0 spiro atoms. The van der Waals surface area contributed by atoms with Crippen molar-refractivity contribution in [2.45, 2.75) is 63.6 Å². The van der Waals surface area contributed by atoms with Gasteiger partial charge in [0, 0.05) is 25.6 Å². The van der Waals surface area contributed by atoms with Gasteiger partial charge >= 0.3 is 0 Å². The fraction of sp³-hybridized carbons (Fsp3) is 0.607. The first-order chi connectivity index (χ1) is 19.3. The van der Waals surface area contributed by atoms with Crippen LogP contribution in [0.2, 0.25) is 0 Å². The fourth-order valence-corrected chi connectivity index (χ4v) is 5.72. The second-order valence-electron chi connectivity index (χ2n) is 10.1. The lowest BCUT2D eigenvalue weighted by Crippen LogP contribution is -2.53. The summed E-state index contributed by atoms with van der Waals surface area (Å²) in [6, 6.07) is 6.63. The molecule has 0 bridgehead atoms. The minimum absolute atomic E-state index is 0.0116. The molecular formula is C28H40N4O7S. The zero-order valence-corrected chi connectivity index (χ0v) is 23.8. The maximum atomic E-state index is 13.5. The van der Waals surface area contributed by atoms with E-state index in [0.717, 1.165) is 43.0 Å². The third-order valence-electron chi connectivity index (χ3n) is 6.82. The van der Waals surface area contributed by atoms with Gasteiger partial charge in [0.25, 0.3) is 0 Å². The molecule has 40 heavy (non-hydrogen) atoms. The van der Waals surface area contributed by atoms with Crippen molar-refractivity contribution in [2.24, 2.45) is 5.92 Å². The van der Waals surface area contributed by atoms with Crippen LogP contribution in [0.5, 0.6) is 0 Å². The van der Waals surface area contributed by atoms with Crippen LogP contribution in [0, 0.1) is 5.92 Å². The lowest BCUT2D eigenvalue weighted by atomic mass is 9.97. The molecule has 3 rings (SSSR count). The highest BCUT2D eigenvalue weighted by Gasteiger charge is 2.31. The molecule has 1 aliphatic heterocycles. The van der Waals surface area contributed by atoms with E-state index in [1.54, 1.807) is 0 Å². The van der Waals surface area contributed by atoms with Crippen LogP contribution in [0.3, 0.4) is 0 Å². The highest BCUT2D eigenvalue weighted by molar-refractivity contribution is 8.13. The molecule has 220 valence electrons. The van der Waals surface area contributed by atoms with Gasteiger partial charge in [-0.05, 0) is 17.9 Å². The highest BCUT2D eigenvalue weighted by atomic mass is 32.2. The van der Waals surface area contributed by atoms with Crippen molar-refractivity contribution in [3.8, 4) is 0 Å². The molecular weight excluding hydrogens is 536 g/mol. The standard InChI is InChI=1S/C28H40N4O7S/c1-19(33)30-24-18-40-28(37)23(16-21-7-3-2-4-8-21)32-27(36)22(15-20-9-5-6-10-20)31-25(34)17-39-14-13-38-12-11-29-26(24)35/h2-4,7-8,20,22-24H,5-6,9-18H2,1H3,(H,29,35)(H,30,33)(H,31,34)(H,32,36)/t22-,23-,24-/m0/s1. The van der Waals surface area contributed by atoms with E-state index in [1.165, 1.54) is 6.92 Å². The van der Waals surface area contributed by atoms with Crippen LogP contribution in [-0.4, -0.2) is 85.6 Å². The number of benzene rings is 1. The molecule has 2 aliphatic rings. The molecule has 4 amide bonds. The minimum Gasteiger partial charge on any atom is -0.377 e. The van der Waals surface area contributed by atoms with Crippen molar-refractivity contribution in [2.75, 3.05) is 38.7 Å². The molecule has 1 heterocycles. The summed E-state index contributed by atoms with van der Waals surface area (Å²) in [5.74, 6) is -1.40. The van der Waals surface area contributed by atoms with Crippen LogP contribution < -0.4 is 21.3 Å². The molecule has 2 fully saturated rings. The van der Waals surface area contributed by atoms with E-state index in [9.17, 15) is 24.0 Å². The van der Waals surface area contributed by atoms with E-state index in [4.69, 9.17) is 9.47 Å². The summed E-state index contributed by atoms with van der Waals surface area (Å²) in [6.07, 6.45) is 4.87. The van der Waals surface area contributed by atoms with Crippen LogP contribution in [0.25, 0.3) is 0 Å². The molecule has 12 heteroatoms. The lowest BCUT2D eigenvalue weighted by Gasteiger charge is -2.25. The lowest BCUT2D eigenvalue weighted by molar-refractivity contribution is -0.133. The monoisotopic (exact) mass is 576 g/mol. The predicted molar refractivity (Wildman–Crippen MR) is 150 cm³/mol. The van der Waals surface area contributed by atoms with Crippen molar-refractivity contribution in [3.05, 3.63) is 35.9 Å². The number of ether oxygens (including phenoxy) is 2. The summed E-state index contributed by atoms with van der Waals surface area (Å²) in [7, 11) is 0. The van der Waals surface area contributed by atoms with Crippen LogP contribution in [0.4, 0.5) is 0 Å². The molecule has 0 radical (unpaired) electrons. The summed E-state index contributed by atoms with van der Waals surface area (Å²) in [5, 5.41) is 10.6. The molecule has 0 aromatic heterocycles. The van der Waals surface area contributed by atoms with Crippen LogP contribution in [0.15, 0.2) is 30.3 Å². The molecule has 1 aromatic rings. The van der Waals surface area contributed by atoms with Crippen molar-refractivity contribution in [1.82, 2.24) is 21.3 Å². The number of thioether (sulfide) groups is 1. The summed E-state index contributed by atoms with van der Waals surface area (Å²) in [4.78, 5) is 64.1. The number of amides is 4. The summed E-state index contributed by atoms with van der Waals surface area (Å²) < 4.78 is 10.8. The highest BCUT2D eigenvalue weighted by Crippen LogP contribution is 2.28. The Hall–Kier alpha value is -2.96. The number of hydrogen-bond acceptors (Lipinski definition) is 8. The van der Waals surface area contributed by atoms with E-state index < -0.39 is 41.8 Å². The summed E-state index contributed by atoms with van der Waals surface area (Å²) in [6.45, 7) is 1.86. The average Bonchev–Trinajstić information content (AvgIpc) is 3.44. The second-order valence-corrected chi connectivity index (χ2v) is 11.1. The van der Waals surface area contributed by atoms with Crippen LogP contribution in [0.1, 0.15) is 44.6 Å². The van der Waals surface area contributed by atoms with E-state index >= 15 is 0 Å². The molecule has 1 saturated heterocycles. The van der Waals surface area contributed by atoms with Crippen molar-refractivity contribution in [3.63, 3.8) is 0 Å². The van der Waals surface area contributed by atoms with Crippen LogP contribution >= 0.6 is 11.8 Å². The smallest absolute Gasteiger partial charge is 0.246 e. The topological polar surface area (TPSA) is 152 Å². The second kappa shape index (κ2) is 17.0. The number of carbonyl (C=O) groups excluding carboxylic acids is 5. The Balaban J connectivity index is 1.81. The SMILES string of the molecule is CC(=O)N[C@H]1CSC(=O)[C@H](Cc2ccccc2)NC(=O)[C@H](CC2CCCC2)NC(=O)COCCOCCNC1=O. The maximum Gasteiger partial charge on any atom is 0.246 e. The molecule has 1 saturated carbocycles. The average molecular weight is 577 g/mol. The molecule has 3 atom stereocenters. The largest absolute Gasteiger partial charge is 0.377 e. The molecule has 1 aromatic carbocycles. The Morgan fingerprint density at radius 1 is 0.950 bits per heavy atom. The molecule has 1 aliphatic carbocycles. The van der Waals surface area contributed by atoms with Gasteiger partial charge in [0.2, 0.25) is 28.7 Å². The first-order valence-corrected chi connectivity index (χ1v) is 14.8. The van der Waals surface area contributed by atoms with Gasteiger partial charge in [0.1, 0.15) is 24.7 Å². The number of rotatable bonds is 5. The van der Waals surface area contributed by atoms with Crippen LogP contribution in [-0.2, 0) is 39.9 Å². The van der Waals surface area contributed by atoms with Crippen molar-refractivity contribution >= 4 is 40.5 Å². The molecule has 11 nitrogen and oxygen atoms in total. The third-order valence-corrected chi connectivity index (χ3v) is 7.89. The van der Waals surface area contributed by atoms with E-state index in [-0.39, 0.29) is 50.3 Å². The number of nitrogens with one attached hydrogen (secondary N) is 4. The Morgan fingerprint density at radius 2 is 1.68 bits per heavy atom. The van der Waals surface area contributed by atoms with Crippen molar-refractivity contribution in [1.29, 1.82) is 0 Å². The Labute approximate surface area is 239 Å². The minimum atomic E-state index is -0.945.